The monoisotopic (exact) mass is 303 g/mol. The van der Waals surface area contributed by atoms with Gasteiger partial charge in [0.05, 0.1) is 33.6 Å². The van der Waals surface area contributed by atoms with Crippen LogP contribution in [-0.4, -0.2) is 29.5 Å². The van der Waals surface area contributed by atoms with Crippen molar-refractivity contribution in [1.82, 2.24) is 9.55 Å². The number of rotatable bonds is 1. The van der Waals surface area contributed by atoms with Crippen LogP contribution in [0, 0.1) is 5.82 Å². The van der Waals surface area contributed by atoms with Gasteiger partial charge in [-0.05, 0) is 12.5 Å². The zero-order valence-corrected chi connectivity index (χ0v) is 11.4. The van der Waals surface area contributed by atoms with Gasteiger partial charge in [0.15, 0.2) is 9.84 Å². The van der Waals surface area contributed by atoms with Gasteiger partial charge in [-0.25, -0.2) is 17.8 Å². The number of hydrogen-bond donors (Lipinski definition) is 1. The minimum Gasteiger partial charge on any atom is -0.369 e. The van der Waals surface area contributed by atoms with Gasteiger partial charge in [-0.15, -0.1) is 0 Å². The summed E-state index contributed by atoms with van der Waals surface area (Å²) in [7, 11) is -3.05. The molecule has 8 heteroatoms. The van der Waals surface area contributed by atoms with Crippen LogP contribution in [0.1, 0.15) is 12.5 Å². The second-order valence-corrected chi connectivity index (χ2v) is 7.29. The lowest BCUT2D eigenvalue weighted by atomic mass is 10.2. The van der Waals surface area contributed by atoms with Crippen molar-refractivity contribution in [2.45, 2.75) is 12.5 Å². The molecule has 1 aromatic carbocycles. The second kappa shape index (κ2) is 4.08. The second-order valence-electron chi connectivity index (χ2n) is 4.65. The Balaban J connectivity index is 2.18. The molecular weight excluding hydrogens is 293 g/mol. The number of fused-ring (bicyclic) bond motifs is 1. The van der Waals surface area contributed by atoms with E-state index in [9.17, 15) is 12.8 Å². The first-order valence-electron chi connectivity index (χ1n) is 5.70. The van der Waals surface area contributed by atoms with Gasteiger partial charge >= 0.3 is 0 Å². The van der Waals surface area contributed by atoms with Crippen LogP contribution in [0.4, 0.5) is 10.3 Å². The molecule has 1 saturated heterocycles. The fourth-order valence-corrected chi connectivity index (χ4v) is 4.33. The summed E-state index contributed by atoms with van der Waals surface area (Å²) in [6.07, 6.45) is 0.461. The van der Waals surface area contributed by atoms with E-state index < -0.39 is 15.7 Å². The van der Waals surface area contributed by atoms with E-state index in [2.05, 4.69) is 4.98 Å². The van der Waals surface area contributed by atoms with E-state index in [0.29, 0.717) is 17.5 Å². The molecule has 0 bridgehead atoms. The lowest BCUT2D eigenvalue weighted by Crippen LogP contribution is -2.13. The molecule has 0 spiro atoms. The normalized spacial score (nSPS) is 22.1. The molecule has 2 N–H and O–H groups in total. The van der Waals surface area contributed by atoms with Crippen LogP contribution in [0.15, 0.2) is 12.1 Å². The Bertz CT molecular complexity index is 772. The summed E-state index contributed by atoms with van der Waals surface area (Å²) in [6, 6.07) is 2.34. The van der Waals surface area contributed by atoms with Gasteiger partial charge in [0.2, 0.25) is 5.95 Å². The number of nitrogen functional groups attached to an aromatic ring is 1. The number of imidazole rings is 1. The van der Waals surface area contributed by atoms with Crippen molar-refractivity contribution in [1.29, 1.82) is 0 Å². The number of hydrogen-bond acceptors (Lipinski definition) is 4. The van der Waals surface area contributed by atoms with Gasteiger partial charge in [-0.2, -0.15) is 0 Å². The summed E-state index contributed by atoms with van der Waals surface area (Å²) in [5.74, 6) is -0.269. The smallest absolute Gasteiger partial charge is 0.201 e. The van der Waals surface area contributed by atoms with Gasteiger partial charge in [-0.3, -0.25) is 0 Å². The van der Waals surface area contributed by atoms with Crippen molar-refractivity contribution < 1.29 is 12.8 Å². The Morgan fingerprint density at radius 3 is 2.84 bits per heavy atom. The van der Waals surface area contributed by atoms with E-state index in [1.165, 1.54) is 12.1 Å². The largest absolute Gasteiger partial charge is 0.369 e. The first-order valence-corrected chi connectivity index (χ1v) is 7.90. The Morgan fingerprint density at radius 2 is 2.21 bits per heavy atom. The van der Waals surface area contributed by atoms with Crippen LogP contribution < -0.4 is 5.73 Å². The molecule has 2 heterocycles. The third kappa shape index (κ3) is 2.06. The Morgan fingerprint density at radius 1 is 1.47 bits per heavy atom. The van der Waals surface area contributed by atoms with Gasteiger partial charge in [0.1, 0.15) is 5.82 Å². The Labute approximate surface area is 114 Å². The Kier molecular flexibility index (Phi) is 2.72. The fourth-order valence-electron chi connectivity index (χ4n) is 2.47. The summed E-state index contributed by atoms with van der Waals surface area (Å²) >= 11 is 5.69. The first-order chi connectivity index (χ1) is 8.87. The molecule has 1 fully saturated rings. The van der Waals surface area contributed by atoms with Crippen molar-refractivity contribution in [3.63, 3.8) is 0 Å². The predicted molar refractivity (Wildman–Crippen MR) is 71.4 cm³/mol. The van der Waals surface area contributed by atoms with E-state index in [1.807, 2.05) is 0 Å². The lowest BCUT2D eigenvalue weighted by Gasteiger charge is -2.13. The number of aromatic nitrogens is 2. The number of nitrogens with two attached hydrogens (primary N) is 1. The summed E-state index contributed by atoms with van der Waals surface area (Å²) < 4.78 is 38.2. The maximum Gasteiger partial charge on any atom is 0.201 e. The molecule has 102 valence electrons. The van der Waals surface area contributed by atoms with Crippen LogP contribution in [0.5, 0.6) is 0 Å². The fraction of sp³-hybridized carbons (Fsp3) is 0.364. The number of halogens is 2. The van der Waals surface area contributed by atoms with Crippen LogP contribution in [0.3, 0.4) is 0 Å². The molecule has 1 unspecified atom stereocenters. The molecule has 3 rings (SSSR count). The number of benzene rings is 1. The topological polar surface area (TPSA) is 78.0 Å². The third-order valence-electron chi connectivity index (χ3n) is 3.33. The molecule has 1 aliphatic heterocycles. The predicted octanol–water partition coefficient (Wildman–Crippen LogP) is 1.77. The van der Waals surface area contributed by atoms with E-state index in [-0.39, 0.29) is 28.5 Å². The molecule has 19 heavy (non-hydrogen) atoms. The van der Waals surface area contributed by atoms with Gasteiger partial charge < -0.3 is 10.3 Å². The van der Waals surface area contributed by atoms with Crippen LogP contribution in [-0.2, 0) is 9.84 Å². The summed E-state index contributed by atoms with van der Waals surface area (Å²) in [6.45, 7) is 0. The van der Waals surface area contributed by atoms with Gasteiger partial charge in [0.25, 0.3) is 0 Å². The van der Waals surface area contributed by atoms with Crippen molar-refractivity contribution in [3.8, 4) is 0 Å². The van der Waals surface area contributed by atoms with E-state index in [4.69, 9.17) is 17.3 Å². The van der Waals surface area contributed by atoms with E-state index in [1.54, 1.807) is 4.57 Å². The standard InChI is InChI=1S/C11H11ClFN3O2S/c12-7-3-9-10(4-8(7)13)16(11(14)15-9)6-1-2-19(17,18)5-6/h3-4,6H,1-2,5H2,(H2,14,15). The van der Waals surface area contributed by atoms with Crippen LogP contribution in [0.25, 0.3) is 11.0 Å². The molecule has 0 saturated carbocycles. The molecular formula is C11H11ClFN3O2S. The zero-order chi connectivity index (χ0) is 13.8. The highest BCUT2D eigenvalue weighted by Gasteiger charge is 2.31. The SMILES string of the molecule is Nc1nc2cc(Cl)c(F)cc2n1C1CCS(=O)(=O)C1. The molecule has 1 atom stereocenters. The minimum absolute atomic E-state index is 0.00685. The minimum atomic E-state index is -3.05. The highest BCUT2D eigenvalue weighted by molar-refractivity contribution is 7.91. The molecule has 0 aliphatic carbocycles. The highest BCUT2D eigenvalue weighted by atomic mass is 35.5. The van der Waals surface area contributed by atoms with Crippen molar-refractivity contribution >= 4 is 38.4 Å². The number of anilines is 1. The number of nitrogens with zero attached hydrogens (tertiary/aromatic N) is 2. The average Bonchev–Trinajstić information content (AvgIpc) is 2.79. The molecule has 1 aliphatic rings. The van der Waals surface area contributed by atoms with Crippen LogP contribution in [0.2, 0.25) is 5.02 Å². The van der Waals surface area contributed by atoms with Crippen LogP contribution >= 0.6 is 11.6 Å². The maximum atomic E-state index is 13.5. The van der Waals surface area contributed by atoms with Gasteiger partial charge in [0, 0.05) is 6.07 Å². The van der Waals surface area contributed by atoms with Gasteiger partial charge in [-0.1, -0.05) is 11.6 Å². The summed E-state index contributed by atoms with van der Waals surface area (Å²) in [5, 5.41) is -0.0313. The van der Waals surface area contributed by atoms with Crippen molar-refractivity contribution in [2.24, 2.45) is 0 Å². The summed E-state index contributed by atoms with van der Waals surface area (Å²) in [5.41, 5.74) is 6.75. The molecule has 5 nitrogen and oxygen atoms in total. The average molecular weight is 304 g/mol. The molecule has 0 radical (unpaired) electrons. The van der Waals surface area contributed by atoms with Crippen molar-refractivity contribution in [3.05, 3.63) is 23.0 Å². The van der Waals surface area contributed by atoms with E-state index in [0.717, 1.165) is 0 Å². The van der Waals surface area contributed by atoms with Crippen molar-refractivity contribution in [2.75, 3.05) is 17.2 Å². The molecule has 0 amide bonds. The lowest BCUT2D eigenvalue weighted by molar-refractivity contribution is 0.573. The first kappa shape index (κ1) is 12.7. The third-order valence-corrected chi connectivity index (χ3v) is 5.37. The zero-order valence-electron chi connectivity index (χ0n) is 9.81. The number of sulfone groups is 1. The quantitative estimate of drug-likeness (QED) is 0.871. The molecule has 2 aromatic rings. The molecule has 1 aromatic heterocycles. The van der Waals surface area contributed by atoms with E-state index >= 15 is 0 Å². The Hall–Kier alpha value is -1.34. The summed E-state index contributed by atoms with van der Waals surface area (Å²) in [4.78, 5) is 4.10. The maximum absolute atomic E-state index is 13.5. The highest BCUT2D eigenvalue weighted by Crippen LogP contribution is 2.32.